The van der Waals surface area contributed by atoms with Crippen molar-refractivity contribution < 1.29 is 9.53 Å². The number of hydrogen-bond acceptors (Lipinski definition) is 4. The molecule has 0 saturated heterocycles. The van der Waals surface area contributed by atoms with Gasteiger partial charge in [-0.05, 0) is 18.1 Å². The Labute approximate surface area is 106 Å². The molecule has 3 N–H and O–H groups in total. The lowest BCUT2D eigenvalue weighted by molar-refractivity contribution is -0.123. The molecule has 0 aliphatic heterocycles. The third-order valence-corrected chi connectivity index (χ3v) is 2.93. The van der Waals surface area contributed by atoms with Crippen molar-refractivity contribution in [3.8, 4) is 5.88 Å². The highest BCUT2D eigenvalue weighted by molar-refractivity contribution is 5.81. The Balaban J connectivity index is 1.87. The van der Waals surface area contributed by atoms with E-state index in [0.29, 0.717) is 18.8 Å². The summed E-state index contributed by atoms with van der Waals surface area (Å²) in [6.45, 7) is 0.470. The van der Waals surface area contributed by atoms with E-state index in [1.807, 2.05) is 18.2 Å². The summed E-state index contributed by atoms with van der Waals surface area (Å²) in [4.78, 5) is 15.9. The summed E-state index contributed by atoms with van der Waals surface area (Å²) in [5, 5.41) is 2.88. The van der Waals surface area contributed by atoms with Crippen LogP contribution >= 0.6 is 0 Å². The molecule has 2 unspecified atom stereocenters. The lowest BCUT2D eigenvalue weighted by atomic mass is 10.1. The minimum Gasteiger partial charge on any atom is -0.481 e. The van der Waals surface area contributed by atoms with Crippen LogP contribution in [0.25, 0.3) is 0 Å². The van der Waals surface area contributed by atoms with E-state index in [4.69, 9.17) is 10.5 Å². The van der Waals surface area contributed by atoms with Crippen molar-refractivity contribution in [1.29, 1.82) is 0 Å². The van der Waals surface area contributed by atoms with E-state index in [2.05, 4.69) is 10.3 Å². The first kappa shape index (κ1) is 12.6. The molecule has 1 heterocycles. The number of hydrogen-bond donors (Lipinski definition) is 2. The standard InChI is InChI=1S/C13H17N3O2/c1-18-12-6-9(4-5-15-12)8-16-13(17)10-2-3-11(14)7-10/h2-6,10-11H,7-8,14H2,1H3,(H,16,17). The third kappa shape index (κ3) is 3.07. The number of ether oxygens (including phenoxy) is 1. The monoisotopic (exact) mass is 247 g/mol. The summed E-state index contributed by atoms with van der Waals surface area (Å²) in [5.74, 6) is 0.447. The average molecular weight is 247 g/mol. The van der Waals surface area contributed by atoms with Gasteiger partial charge in [0.25, 0.3) is 0 Å². The van der Waals surface area contributed by atoms with E-state index < -0.39 is 0 Å². The van der Waals surface area contributed by atoms with Crippen molar-refractivity contribution >= 4 is 5.91 Å². The molecule has 1 aromatic heterocycles. The van der Waals surface area contributed by atoms with Gasteiger partial charge in [0.15, 0.2) is 0 Å². The van der Waals surface area contributed by atoms with Gasteiger partial charge < -0.3 is 15.8 Å². The van der Waals surface area contributed by atoms with E-state index in [0.717, 1.165) is 5.56 Å². The highest BCUT2D eigenvalue weighted by atomic mass is 16.5. The molecule has 1 amide bonds. The summed E-state index contributed by atoms with van der Waals surface area (Å²) < 4.78 is 5.02. The summed E-state index contributed by atoms with van der Waals surface area (Å²) in [7, 11) is 1.56. The zero-order valence-electron chi connectivity index (χ0n) is 10.3. The summed E-state index contributed by atoms with van der Waals surface area (Å²) in [5.41, 5.74) is 6.68. The first-order chi connectivity index (χ1) is 8.69. The van der Waals surface area contributed by atoms with Crippen LogP contribution < -0.4 is 15.8 Å². The molecule has 18 heavy (non-hydrogen) atoms. The van der Waals surface area contributed by atoms with Crippen molar-refractivity contribution in [2.24, 2.45) is 11.7 Å². The van der Waals surface area contributed by atoms with Gasteiger partial charge in [-0.15, -0.1) is 0 Å². The number of nitrogens with one attached hydrogen (secondary N) is 1. The molecule has 0 radical (unpaired) electrons. The Morgan fingerprint density at radius 1 is 1.61 bits per heavy atom. The maximum absolute atomic E-state index is 11.9. The molecule has 0 bridgehead atoms. The van der Waals surface area contributed by atoms with Crippen LogP contribution in [-0.4, -0.2) is 24.0 Å². The highest BCUT2D eigenvalue weighted by Crippen LogP contribution is 2.16. The maximum atomic E-state index is 11.9. The Bertz CT molecular complexity index is 459. The lowest BCUT2D eigenvalue weighted by Gasteiger charge is -2.10. The van der Waals surface area contributed by atoms with Crippen molar-refractivity contribution in [2.75, 3.05) is 7.11 Å². The Morgan fingerprint density at radius 3 is 3.11 bits per heavy atom. The van der Waals surface area contributed by atoms with Gasteiger partial charge in [0.05, 0.1) is 13.0 Å². The minimum atomic E-state index is -0.108. The molecule has 2 atom stereocenters. The maximum Gasteiger partial charge on any atom is 0.227 e. The molecule has 0 spiro atoms. The summed E-state index contributed by atoms with van der Waals surface area (Å²) in [6, 6.07) is 3.65. The number of methoxy groups -OCH3 is 1. The highest BCUT2D eigenvalue weighted by Gasteiger charge is 2.22. The molecular weight excluding hydrogens is 230 g/mol. The number of carbonyl (C=O) groups excluding carboxylic acids is 1. The second kappa shape index (κ2) is 5.64. The molecule has 0 saturated carbocycles. The SMILES string of the molecule is COc1cc(CNC(=O)C2C=CC(N)C2)ccn1. The van der Waals surface area contributed by atoms with Crippen molar-refractivity contribution in [1.82, 2.24) is 10.3 Å². The Kier molecular flexibility index (Phi) is 3.94. The Morgan fingerprint density at radius 2 is 2.44 bits per heavy atom. The predicted octanol–water partition coefficient (Wildman–Crippen LogP) is 0.610. The van der Waals surface area contributed by atoms with Crippen LogP contribution in [0.2, 0.25) is 0 Å². The van der Waals surface area contributed by atoms with Crippen LogP contribution in [0.1, 0.15) is 12.0 Å². The smallest absolute Gasteiger partial charge is 0.227 e. The zero-order chi connectivity index (χ0) is 13.0. The topological polar surface area (TPSA) is 77.2 Å². The number of carbonyl (C=O) groups is 1. The van der Waals surface area contributed by atoms with Gasteiger partial charge >= 0.3 is 0 Å². The van der Waals surface area contributed by atoms with Crippen molar-refractivity contribution in [3.63, 3.8) is 0 Å². The average Bonchev–Trinajstić information content (AvgIpc) is 2.83. The van der Waals surface area contributed by atoms with Crippen LogP contribution in [0, 0.1) is 5.92 Å². The van der Waals surface area contributed by atoms with Crippen LogP contribution in [0.3, 0.4) is 0 Å². The van der Waals surface area contributed by atoms with E-state index in [1.165, 1.54) is 0 Å². The summed E-state index contributed by atoms with van der Waals surface area (Å²) >= 11 is 0. The van der Waals surface area contributed by atoms with E-state index >= 15 is 0 Å². The van der Waals surface area contributed by atoms with Gasteiger partial charge in [-0.25, -0.2) is 4.98 Å². The molecule has 0 aromatic carbocycles. The molecule has 2 rings (SSSR count). The number of nitrogens with zero attached hydrogens (tertiary/aromatic N) is 1. The number of aromatic nitrogens is 1. The summed E-state index contributed by atoms with van der Waals surface area (Å²) in [6.07, 6.45) is 6.09. The van der Waals surface area contributed by atoms with Gasteiger partial charge in [-0.3, -0.25) is 4.79 Å². The molecule has 1 aromatic rings. The van der Waals surface area contributed by atoms with Gasteiger partial charge in [0, 0.05) is 24.8 Å². The van der Waals surface area contributed by atoms with Gasteiger partial charge in [-0.2, -0.15) is 0 Å². The van der Waals surface area contributed by atoms with Crippen LogP contribution in [0.15, 0.2) is 30.5 Å². The number of amides is 1. The predicted molar refractivity (Wildman–Crippen MR) is 67.9 cm³/mol. The fraction of sp³-hybridized carbons (Fsp3) is 0.385. The van der Waals surface area contributed by atoms with Crippen LogP contribution in [0.4, 0.5) is 0 Å². The number of rotatable bonds is 4. The van der Waals surface area contributed by atoms with E-state index in [-0.39, 0.29) is 17.9 Å². The second-order valence-electron chi connectivity index (χ2n) is 4.32. The van der Waals surface area contributed by atoms with Crippen molar-refractivity contribution in [2.45, 2.75) is 19.0 Å². The van der Waals surface area contributed by atoms with Gasteiger partial charge in [-0.1, -0.05) is 12.2 Å². The van der Waals surface area contributed by atoms with E-state index in [9.17, 15) is 4.79 Å². The molecule has 1 aliphatic carbocycles. The fourth-order valence-corrected chi connectivity index (χ4v) is 1.91. The third-order valence-electron chi connectivity index (χ3n) is 2.93. The lowest BCUT2D eigenvalue weighted by Crippen LogP contribution is -2.30. The van der Waals surface area contributed by atoms with Crippen LogP contribution in [-0.2, 0) is 11.3 Å². The van der Waals surface area contributed by atoms with Crippen LogP contribution in [0.5, 0.6) is 5.88 Å². The van der Waals surface area contributed by atoms with Crippen molar-refractivity contribution in [3.05, 3.63) is 36.0 Å². The molecule has 5 nitrogen and oxygen atoms in total. The first-order valence-corrected chi connectivity index (χ1v) is 5.89. The first-order valence-electron chi connectivity index (χ1n) is 5.89. The zero-order valence-corrected chi connectivity index (χ0v) is 10.3. The molecular formula is C13H17N3O2. The molecule has 0 fully saturated rings. The Hall–Kier alpha value is -1.88. The largest absolute Gasteiger partial charge is 0.481 e. The molecule has 96 valence electrons. The van der Waals surface area contributed by atoms with Gasteiger partial charge in [0.1, 0.15) is 0 Å². The van der Waals surface area contributed by atoms with E-state index in [1.54, 1.807) is 19.4 Å². The number of nitrogens with two attached hydrogens (primary N) is 1. The fourth-order valence-electron chi connectivity index (χ4n) is 1.91. The number of pyridine rings is 1. The molecule has 1 aliphatic rings. The normalized spacial score (nSPS) is 21.9. The second-order valence-corrected chi connectivity index (χ2v) is 4.32. The minimum absolute atomic E-state index is 0.00164. The molecule has 5 heteroatoms. The quantitative estimate of drug-likeness (QED) is 0.764. The van der Waals surface area contributed by atoms with Gasteiger partial charge in [0.2, 0.25) is 11.8 Å².